The van der Waals surface area contributed by atoms with E-state index in [0.717, 1.165) is 12.1 Å². The predicted octanol–water partition coefficient (Wildman–Crippen LogP) is 1.03. The number of hydrogen-bond acceptors (Lipinski definition) is 2. The molecule has 84 valence electrons. The number of benzene rings is 1. The normalized spacial score (nSPS) is 9.19. The van der Waals surface area contributed by atoms with Crippen LogP contribution < -0.4 is 11.1 Å². The fourth-order valence-electron chi connectivity index (χ4n) is 1.01. The Morgan fingerprint density at radius 1 is 1.44 bits per heavy atom. The van der Waals surface area contributed by atoms with Gasteiger partial charge in [-0.05, 0) is 12.1 Å². The maximum atomic E-state index is 13.2. The first-order valence-electron chi connectivity index (χ1n) is 4.48. The second-order valence-electron chi connectivity index (χ2n) is 3.07. The molecule has 0 fully saturated rings. The molecule has 3 nitrogen and oxygen atoms in total. The summed E-state index contributed by atoms with van der Waals surface area (Å²) < 4.78 is 26.4. The molecule has 0 saturated heterocycles. The molecular weight excluding hydrogens is 214 g/mol. The van der Waals surface area contributed by atoms with Crippen molar-refractivity contribution in [3.63, 3.8) is 0 Å². The molecule has 1 rings (SSSR count). The van der Waals surface area contributed by atoms with E-state index in [1.165, 1.54) is 6.92 Å². The molecule has 0 aliphatic heterocycles. The lowest BCUT2D eigenvalue weighted by Gasteiger charge is -1.99. The van der Waals surface area contributed by atoms with Gasteiger partial charge < -0.3 is 11.1 Å². The van der Waals surface area contributed by atoms with Crippen molar-refractivity contribution in [3.8, 4) is 11.8 Å². The average Bonchev–Trinajstić information content (AvgIpc) is 2.14. The molecule has 1 amide bonds. The first kappa shape index (κ1) is 12.0. The van der Waals surface area contributed by atoms with Crippen LogP contribution in [0.5, 0.6) is 0 Å². The van der Waals surface area contributed by atoms with Crippen LogP contribution >= 0.6 is 0 Å². The van der Waals surface area contributed by atoms with Crippen LogP contribution in [0, 0.1) is 23.5 Å². The zero-order valence-electron chi connectivity index (χ0n) is 8.60. The Bertz CT molecular complexity index is 452. The van der Waals surface area contributed by atoms with Gasteiger partial charge in [-0.1, -0.05) is 11.8 Å². The van der Waals surface area contributed by atoms with Gasteiger partial charge in [0.2, 0.25) is 5.91 Å². The van der Waals surface area contributed by atoms with Crippen molar-refractivity contribution in [2.75, 3.05) is 12.3 Å². The molecule has 0 radical (unpaired) electrons. The molecule has 0 atom stereocenters. The summed E-state index contributed by atoms with van der Waals surface area (Å²) >= 11 is 0. The third kappa shape index (κ3) is 3.24. The highest BCUT2D eigenvalue weighted by Crippen LogP contribution is 2.15. The van der Waals surface area contributed by atoms with Gasteiger partial charge in [-0.25, -0.2) is 8.78 Å². The molecule has 0 aromatic heterocycles. The summed E-state index contributed by atoms with van der Waals surface area (Å²) in [6.45, 7) is 1.37. The highest BCUT2D eigenvalue weighted by atomic mass is 19.1. The maximum Gasteiger partial charge on any atom is 0.217 e. The topological polar surface area (TPSA) is 55.1 Å². The van der Waals surface area contributed by atoms with Gasteiger partial charge in [0.1, 0.15) is 11.6 Å². The molecule has 5 heteroatoms. The van der Waals surface area contributed by atoms with Gasteiger partial charge in [0.05, 0.1) is 12.1 Å². The second kappa shape index (κ2) is 5.12. The van der Waals surface area contributed by atoms with Crippen molar-refractivity contribution < 1.29 is 13.6 Å². The van der Waals surface area contributed by atoms with Crippen molar-refractivity contribution in [2.45, 2.75) is 6.92 Å². The predicted molar refractivity (Wildman–Crippen MR) is 56.3 cm³/mol. The van der Waals surface area contributed by atoms with E-state index < -0.39 is 11.6 Å². The van der Waals surface area contributed by atoms with E-state index in [9.17, 15) is 13.6 Å². The summed E-state index contributed by atoms with van der Waals surface area (Å²) in [4.78, 5) is 10.5. The highest BCUT2D eigenvalue weighted by molar-refractivity contribution is 5.73. The smallest absolute Gasteiger partial charge is 0.217 e. The lowest BCUT2D eigenvalue weighted by Crippen LogP contribution is -2.19. The van der Waals surface area contributed by atoms with Crippen molar-refractivity contribution in [3.05, 3.63) is 29.3 Å². The highest BCUT2D eigenvalue weighted by Gasteiger charge is 2.07. The van der Waals surface area contributed by atoms with Gasteiger partial charge in [0, 0.05) is 12.6 Å². The van der Waals surface area contributed by atoms with E-state index in [2.05, 4.69) is 17.2 Å². The van der Waals surface area contributed by atoms with Crippen molar-refractivity contribution in [1.82, 2.24) is 5.32 Å². The number of halogens is 2. The fraction of sp³-hybridized carbons (Fsp3) is 0.182. The lowest BCUT2D eigenvalue weighted by atomic mass is 10.2. The van der Waals surface area contributed by atoms with E-state index in [0.29, 0.717) is 0 Å². The third-order valence-corrected chi connectivity index (χ3v) is 1.70. The van der Waals surface area contributed by atoms with E-state index >= 15 is 0 Å². The quantitative estimate of drug-likeness (QED) is 0.553. The molecule has 1 aromatic carbocycles. The molecular formula is C11H10F2N2O. The fourth-order valence-corrected chi connectivity index (χ4v) is 1.01. The minimum absolute atomic E-state index is 0.00223. The zero-order valence-corrected chi connectivity index (χ0v) is 8.60. The van der Waals surface area contributed by atoms with E-state index in [1.807, 2.05) is 0 Å². The summed E-state index contributed by atoms with van der Waals surface area (Å²) in [5.74, 6) is 2.84. The number of carbonyl (C=O) groups is 1. The summed E-state index contributed by atoms with van der Waals surface area (Å²) in [6, 6.07) is 1.98. The number of nitrogens with two attached hydrogens (primary N) is 1. The van der Waals surface area contributed by atoms with E-state index in [-0.39, 0.29) is 23.7 Å². The summed E-state index contributed by atoms with van der Waals surface area (Å²) in [7, 11) is 0. The first-order chi connectivity index (χ1) is 7.50. The van der Waals surface area contributed by atoms with Gasteiger partial charge in [-0.3, -0.25) is 4.79 Å². The van der Waals surface area contributed by atoms with E-state index in [1.54, 1.807) is 0 Å². The SMILES string of the molecule is CC(=O)NCC#Cc1c(F)cc(N)cc1F. The van der Waals surface area contributed by atoms with Crippen molar-refractivity contribution in [1.29, 1.82) is 0 Å². The minimum atomic E-state index is -0.812. The van der Waals surface area contributed by atoms with Crippen LogP contribution in [0.25, 0.3) is 0 Å². The van der Waals surface area contributed by atoms with Gasteiger partial charge in [-0.15, -0.1) is 0 Å². The minimum Gasteiger partial charge on any atom is -0.399 e. The standard InChI is InChI=1S/C11H10F2N2O/c1-7(16)15-4-2-3-9-10(12)5-8(14)6-11(9)13/h5-6H,4,14H2,1H3,(H,15,16). The van der Waals surface area contributed by atoms with Crippen LogP contribution in [-0.4, -0.2) is 12.5 Å². The molecule has 16 heavy (non-hydrogen) atoms. The lowest BCUT2D eigenvalue weighted by molar-refractivity contribution is -0.118. The molecule has 0 bridgehead atoms. The van der Waals surface area contributed by atoms with Crippen LogP contribution in [0.1, 0.15) is 12.5 Å². The Morgan fingerprint density at radius 2 is 2.00 bits per heavy atom. The number of carbonyl (C=O) groups excluding carboxylic acids is 1. The Labute approximate surface area is 91.6 Å². The van der Waals surface area contributed by atoms with Crippen LogP contribution in [0.15, 0.2) is 12.1 Å². The van der Waals surface area contributed by atoms with Crippen LogP contribution in [0.3, 0.4) is 0 Å². The number of rotatable bonds is 1. The van der Waals surface area contributed by atoms with E-state index in [4.69, 9.17) is 5.73 Å². The summed E-state index contributed by atoms with van der Waals surface area (Å²) in [5.41, 5.74) is 4.89. The van der Waals surface area contributed by atoms with Gasteiger partial charge in [0.25, 0.3) is 0 Å². The van der Waals surface area contributed by atoms with Crippen molar-refractivity contribution >= 4 is 11.6 Å². The maximum absolute atomic E-state index is 13.2. The van der Waals surface area contributed by atoms with Crippen LogP contribution in [0.4, 0.5) is 14.5 Å². The Hall–Kier alpha value is -2.09. The largest absolute Gasteiger partial charge is 0.399 e. The molecule has 0 spiro atoms. The number of nitrogen functional groups attached to an aromatic ring is 1. The molecule has 0 aliphatic carbocycles. The molecule has 0 aliphatic rings. The second-order valence-corrected chi connectivity index (χ2v) is 3.07. The number of anilines is 1. The molecule has 0 unspecified atom stereocenters. The Balaban J connectivity index is 2.84. The van der Waals surface area contributed by atoms with Crippen LogP contribution in [-0.2, 0) is 4.79 Å². The first-order valence-corrected chi connectivity index (χ1v) is 4.48. The number of hydrogen-bond donors (Lipinski definition) is 2. The molecule has 0 saturated carbocycles. The summed E-state index contributed by atoms with van der Waals surface area (Å²) in [5, 5.41) is 2.38. The molecule has 3 N–H and O–H groups in total. The number of amides is 1. The zero-order chi connectivity index (χ0) is 12.1. The average molecular weight is 224 g/mol. The third-order valence-electron chi connectivity index (χ3n) is 1.70. The Kier molecular flexibility index (Phi) is 3.84. The Morgan fingerprint density at radius 3 is 2.50 bits per heavy atom. The van der Waals surface area contributed by atoms with Gasteiger partial charge in [-0.2, -0.15) is 0 Å². The number of nitrogens with one attached hydrogen (secondary N) is 1. The van der Waals surface area contributed by atoms with Crippen LogP contribution in [0.2, 0.25) is 0 Å². The molecule has 0 heterocycles. The van der Waals surface area contributed by atoms with Gasteiger partial charge in [0.15, 0.2) is 0 Å². The molecule has 1 aromatic rings. The summed E-state index contributed by atoms with van der Waals surface area (Å²) in [6.07, 6.45) is 0. The van der Waals surface area contributed by atoms with Gasteiger partial charge >= 0.3 is 0 Å². The monoisotopic (exact) mass is 224 g/mol. The van der Waals surface area contributed by atoms with Crippen molar-refractivity contribution in [2.24, 2.45) is 0 Å².